The van der Waals surface area contributed by atoms with Gasteiger partial charge in [0.1, 0.15) is 12.3 Å². The Hall–Kier alpha value is -2.66. The number of carboxylic acids is 1. The van der Waals surface area contributed by atoms with Crippen LogP contribution in [0, 0.1) is 5.92 Å². The topological polar surface area (TPSA) is 142 Å². The molecule has 25 heavy (non-hydrogen) atoms. The first-order valence-electron chi connectivity index (χ1n) is 7.22. The molecule has 11 heteroatoms. The SMILES string of the molecule is CC(C)C(=O)NNS(=O)(=O)c1ccc2c(c1)N(CC(=O)O)C(=O)CO2. The van der Waals surface area contributed by atoms with E-state index >= 15 is 0 Å². The number of hydrogen-bond acceptors (Lipinski definition) is 6. The van der Waals surface area contributed by atoms with Gasteiger partial charge in [0.2, 0.25) is 5.91 Å². The van der Waals surface area contributed by atoms with Crippen LogP contribution in [-0.2, 0) is 24.4 Å². The van der Waals surface area contributed by atoms with Crippen LogP contribution in [0.5, 0.6) is 5.75 Å². The maximum Gasteiger partial charge on any atom is 0.323 e. The lowest BCUT2D eigenvalue weighted by Gasteiger charge is -2.28. The summed E-state index contributed by atoms with van der Waals surface area (Å²) in [6.07, 6.45) is 0. The van der Waals surface area contributed by atoms with Gasteiger partial charge in [0.25, 0.3) is 15.9 Å². The highest BCUT2D eigenvalue weighted by molar-refractivity contribution is 7.89. The zero-order valence-electron chi connectivity index (χ0n) is 13.5. The van der Waals surface area contributed by atoms with Crippen molar-refractivity contribution in [2.75, 3.05) is 18.1 Å². The fourth-order valence-corrected chi connectivity index (χ4v) is 2.85. The number of nitrogens with zero attached hydrogens (tertiary/aromatic N) is 1. The number of benzene rings is 1. The van der Waals surface area contributed by atoms with E-state index in [4.69, 9.17) is 9.84 Å². The first-order chi connectivity index (χ1) is 11.6. The van der Waals surface area contributed by atoms with Crippen LogP contribution in [-0.4, -0.2) is 44.5 Å². The lowest BCUT2D eigenvalue weighted by atomic mass is 10.2. The molecule has 1 aromatic rings. The van der Waals surface area contributed by atoms with E-state index in [1.54, 1.807) is 13.8 Å². The van der Waals surface area contributed by atoms with Gasteiger partial charge in [-0.2, -0.15) is 0 Å². The predicted octanol–water partition coefficient (Wildman–Crippen LogP) is -0.538. The molecule has 1 aliphatic rings. The molecule has 2 amide bonds. The Morgan fingerprint density at radius 3 is 2.64 bits per heavy atom. The van der Waals surface area contributed by atoms with E-state index in [0.29, 0.717) is 0 Å². The number of nitrogens with one attached hydrogen (secondary N) is 2. The second-order valence-electron chi connectivity index (χ2n) is 5.54. The Labute approximate surface area is 143 Å². The summed E-state index contributed by atoms with van der Waals surface area (Å²) < 4.78 is 29.7. The van der Waals surface area contributed by atoms with Crippen LogP contribution in [0.15, 0.2) is 23.1 Å². The third-order valence-corrected chi connectivity index (χ3v) is 4.56. The summed E-state index contributed by atoms with van der Waals surface area (Å²) in [6.45, 7) is 2.22. The molecule has 0 aliphatic carbocycles. The van der Waals surface area contributed by atoms with Crippen LogP contribution in [0.4, 0.5) is 5.69 Å². The van der Waals surface area contributed by atoms with Crippen LogP contribution in [0.2, 0.25) is 0 Å². The quantitative estimate of drug-likeness (QED) is 0.570. The van der Waals surface area contributed by atoms with E-state index in [2.05, 4.69) is 5.43 Å². The zero-order chi connectivity index (χ0) is 18.8. The van der Waals surface area contributed by atoms with Gasteiger partial charge in [-0.1, -0.05) is 13.8 Å². The number of ether oxygens (including phenoxy) is 1. The highest BCUT2D eigenvalue weighted by Gasteiger charge is 2.29. The zero-order valence-corrected chi connectivity index (χ0v) is 14.3. The molecular formula is C14H17N3O7S. The molecule has 0 unspecified atom stereocenters. The number of hydrogen-bond donors (Lipinski definition) is 3. The summed E-state index contributed by atoms with van der Waals surface area (Å²) in [6, 6.07) is 3.64. The van der Waals surface area contributed by atoms with Crippen molar-refractivity contribution in [3.8, 4) is 5.75 Å². The number of amides is 2. The van der Waals surface area contributed by atoms with Gasteiger partial charge in [-0.05, 0) is 18.2 Å². The van der Waals surface area contributed by atoms with Crippen molar-refractivity contribution in [1.29, 1.82) is 0 Å². The van der Waals surface area contributed by atoms with E-state index in [1.165, 1.54) is 12.1 Å². The summed E-state index contributed by atoms with van der Waals surface area (Å²) in [5, 5.41) is 8.92. The monoisotopic (exact) mass is 371 g/mol. The van der Waals surface area contributed by atoms with Crippen LogP contribution in [0.3, 0.4) is 0 Å². The number of sulfonamides is 1. The molecule has 1 heterocycles. The summed E-state index contributed by atoms with van der Waals surface area (Å²) >= 11 is 0. The highest BCUT2D eigenvalue weighted by Crippen LogP contribution is 2.34. The van der Waals surface area contributed by atoms with Crippen LogP contribution >= 0.6 is 0 Å². The molecule has 0 bridgehead atoms. The molecule has 0 saturated carbocycles. The van der Waals surface area contributed by atoms with Crippen LogP contribution in [0.25, 0.3) is 0 Å². The summed E-state index contributed by atoms with van der Waals surface area (Å²) in [5.74, 6) is -2.62. The number of aliphatic carboxylic acids is 1. The van der Waals surface area contributed by atoms with Crippen molar-refractivity contribution < 1.29 is 32.6 Å². The Morgan fingerprint density at radius 1 is 1.36 bits per heavy atom. The Balaban J connectivity index is 2.32. The predicted molar refractivity (Wildman–Crippen MR) is 85.2 cm³/mol. The van der Waals surface area contributed by atoms with Crippen molar-refractivity contribution in [2.45, 2.75) is 18.7 Å². The van der Waals surface area contributed by atoms with Crippen molar-refractivity contribution >= 4 is 33.5 Å². The fourth-order valence-electron chi connectivity index (χ4n) is 1.98. The van der Waals surface area contributed by atoms with Gasteiger partial charge in [0.05, 0.1) is 10.6 Å². The molecule has 0 spiro atoms. The van der Waals surface area contributed by atoms with Gasteiger partial charge in [-0.3, -0.25) is 24.7 Å². The fraction of sp³-hybridized carbons (Fsp3) is 0.357. The number of fused-ring (bicyclic) bond motifs is 1. The first kappa shape index (κ1) is 18.7. The van der Waals surface area contributed by atoms with Crippen molar-refractivity contribution in [2.24, 2.45) is 5.92 Å². The molecule has 0 aromatic heterocycles. The number of hydrazine groups is 1. The molecule has 10 nitrogen and oxygen atoms in total. The number of anilines is 1. The molecule has 2 rings (SSSR count). The van der Waals surface area contributed by atoms with Gasteiger partial charge in [-0.25, -0.2) is 8.42 Å². The smallest absolute Gasteiger partial charge is 0.323 e. The summed E-state index contributed by atoms with van der Waals surface area (Å²) in [4.78, 5) is 36.9. The van der Waals surface area contributed by atoms with Crippen molar-refractivity contribution in [1.82, 2.24) is 10.3 Å². The third kappa shape index (κ3) is 4.25. The molecule has 136 valence electrons. The van der Waals surface area contributed by atoms with E-state index in [1.807, 2.05) is 4.83 Å². The molecular weight excluding hydrogens is 354 g/mol. The number of carbonyl (C=O) groups excluding carboxylic acids is 2. The van der Waals surface area contributed by atoms with E-state index in [-0.39, 0.29) is 22.9 Å². The summed E-state index contributed by atoms with van der Waals surface area (Å²) in [5.41, 5.74) is 2.10. The molecule has 3 N–H and O–H groups in total. The van der Waals surface area contributed by atoms with E-state index in [9.17, 15) is 22.8 Å². The van der Waals surface area contributed by atoms with E-state index < -0.39 is 40.3 Å². The Morgan fingerprint density at radius 2 is 2.04 bits per heavy atom. The molecule has 0 radical (unpaired) electrons. The lowest BCUT2D eigenvalue weighted by Crippen LogP contribution is -2.44. The minimum atomic E-state index is -4.11. The lowest BCUT2D eigenvalue weighted by molar-refractivity contribution is -0.137. The maximum atomic E-state index is 12.3. The average Bonchev–Trinajstić information content (AvgIpc) is 2.54. The highest BCUT2D eigenvalue weighted by atomic mass is 32.2. The van der Waals surface area contributed by atoms with Gasteiger partial charge in [0, 0.05) is 5.92 Å². The maximum absolute atomic E-state index is 12.3. The largest absolute Gasteiger partial charge is 0.482 e. The van der Waals surface area contributed by atoms with Gasteiger partial charge in [-0.15, -0.1) is 4.83 Å². The standard InChI is InChI=1S/C14H17N3O7S/c1-8(2)14(21)15-16-25(22,23)9-3-4-11-10(5-9)17(6-13(19)20)12(18)7-24-11/h3-5,8,16H,6-7H2,1-2H3,(H,15,21)(H,19,20). The minimum Gasteiger partial charge on any atom is -0.482 e. The molecule has 1 aliphatic heterocycles. The number of carboxylic acid groups (broad SMARTS) is 1. The second-order valence-corrected chi connectivity index (χ2v) is 7.22. The van der Waals surface area contributed by atoms with Crippen LogP contribution in [0.1, 0.15) is 13.8 Å². The average molecular weight is 371 g/mol. The Kier molecular flexibility index (Phi) is 5.28. The minimum absolute atomic E-state index is 0.0247. The van der Waals surface area contributed by atoms with Crippen molar-refractivity contribution in [3.63, 3.8) is 0 Å². The van der Waals surface area contributed by atoms with Crippen molar-refractivity contribution in [3.05, 3.63) is 18.2 Å². The molecule has 0 fully saturated rings. The number of rotatable bonds is 6. The second kappa shape index (κ2) is 7.07. The molecule has 0 saturated heterocycles. The summed E-state index contributed by atoms with van der Waals surface area (Å²) in [7, 11) is -4.11. The van der Waals surface area contributed by atoms with Crippen LogP contribution < -0.4 is 19.9 Å². The Bertz CT molecular complexity index is 820. The normalized spacial score (nSPS) is 14.0. The third-order valence-electron chi connectivity index (χ3n) is 3.31. The van der Waals surface area contributed by atoms with E-state index in [0.717, 1.165) is 11.0 Å². The molecule has 0 atom stereocenters. The first-order valence-corrected chi connectivity index (χ1v) is 8.71. The molecule has 1 aromatic carbocycles. The number of carbonyl (C=O) groups is 3. The van der Waals surface area contributed by atoms with Gasteiger partial charge >= 0.3 is 5.97 Å². The van der Waals surface area contributed by atoms with Gasteiger partial charge < -0.3 is 9.84 Å². The van der Waals surface area contributed by atoms with Gasteiger partial charge in [0.15, 0.2) is 6.61 Å².